The molecule has 0 saturated heterocycles. The zero-order valence-electron chi connectivity index (χ0n) is 11.5. The Balaban J connectivity index is 4.52. The van der Waals surface area contributed by atoms with Crippen molar-refractivity contribution in [1.29, 1.82) is 0 Å². The average molecular weight is 350 g/mol. The van der Waals surface area contributed by atoms with Crippen molar-refractivity contribution in [3.63, 3.8) is 0 Å². The molecular weight excluding hydrogens is 338 g/mol. The monoisotopic (exact) mass is 350 g/mol. The molecule has 0 aliphatic heterocycles. The summed E-state index contributed by atoms with van der Waals surface area (Å²) in [5.41, 5.74) is 0. The van der Waals surface area contributed by atoms with Crippen molar-refractivity contribution in [3.8, 4) is 0 Å². The summed E-state index contributed by atoms with van der Waals surface area (Å²) in [4.78, 5) is 21.1. The summed E-state index contributed by atoms with van der Waals surface area (Å²) >= 11 is 0. The number of rotatable bonds is 10. The van der Waals surface area contributed by atoms with Crippen LogP contribution in [0, 0.1) is 0 Å². The maximum Gasteiger partial charge on any atom is 0.496 e. The van der Waals surface area contributed by atoms with Gasteiger partial charge in [-0.05, 0) is 0 Å². The van der Waals surface area contributed by atoms with Crippen molar-refractivity contribution < 1.29 is 50.1 Å². The number of halogens is 6. The van der Waals surface area contributed by atoms with Crippen molar-refractivity contribution in [2.75, 3.05) is 13.2 Å². The Morgan fingerprint density at radius 1 is 0.913 bits per heavy atom. The summed E-state index contributed by atoms with van der Waals surface area (Å²) in [6.07, 6.45) is -11.4. The van der Waals surface area contributed by atoms with E-state index in [-0.39, 0.29) is 6.08 Å². The molecule has 0 bridgehead atoms. The predicted molar refractivity (Wildman–Crippen MR) is 62.9 cm³/mol. The van der Waals surface area contributed by atoms with Crippen molar-refractivity contribution in [1.82, 2.24) is 0 Å². The van der Waals surface area contributed by atoms with Crippen molar-refractivity contribution in [2.24, 2.45) is 0 Å². The van der Waals surface area contributed by atoms with Crippen LogP contribution in [0.1, 0.15) is 6.42 Å². The van der Waals surface area contributed by atoms with E-state index in [1.54, 1.807) is 0 Å². The Hall–Kier alpha value is -2.04. The van der Waals surface area contributed by atoms with E-state index >= 15 is 0 Å². The number of esters is 2. The first-order valence-corrected chi connectivity index (χ1v) is 5.79. The molecule has 23 heavy (non-hydrogen) atoms. The lowest BCUT2D eigenvalue weighted by Crippen LogP contribution is -2.46. The van der Waals surface area contributed by atoms with Gasteiger partial charge in [0.05, 0.1) is 6.61 Å². The van der Waals surface area contributed by atoms with Gasteiger partial charge in [-0.3, -0.25) is 0 Å². The maximum absolute atomic E-state index is 13.1. The summed E-state index contributed by atoms with van der Waals surface area (Å²) < 4.78 is 88.6. The lowest BCUT2D eigenvalue weighted by molar-refractivity contribution is -0.418. The molecule has 0 saturated carbocycles. The molecule has 0 rings (SSSR count). The number of carbonyl (C=O) groups excluding carboxylic acids is 2. The lowest BCUT2D eigenvalue weighted by Gasteiger charge is -2.25. The molecule has 0 fully saturated rings. The van der Waals surface area contributed by atoms with Crippen LogP contribution in [-0.2, 0) is 23.8 Å². The lowest BCUT2D eigenvalue weighted by atomic mass is 10.2. The van der Waals surface area contributed by atoms with Gasteiger partial charge in [0.2, 0.25) is 0 Å². The first-order valence-electron chi connectivity index (χ1n) is 5.79. The maximum atomic E-state index is 13.1. The number of alkyl halides is 6. The minimum atomic E-state index is -5.39. The van der Waals surface area contributed by atoms with Crippen molar-refractivity contribution in [3.05, 3.63) is 25.3 Å². The standard InChI is InChI=1S/C12H12F6O5/c1-3-8(19)21-7-10(13,14)5-6-22-11(15,16)12(17,18)23-9(20)4-2/h3-4H,1-2,5-7H2. The van der Waals surface area contributed by atoms with E-state index in [2.05, 4.69) is 27.4 Å². The fourth-order valence-corrected chi connectivity index (χ4v) is 0.948. The highest BCUT2D eigenvalue weighted by molar-refractivity contribution is 5.81. The second-order valence-electron chi connectivity index (χ2n) is 3.93. The molecule has 5 nitrogen and oxygen atoms in total. The van der Waals surface area contributed by atoms with Gasteiger partial charge >= 0.3 is 24.2 Å². The molecule has 0 N–H and O–H groups in total. The fourth-order valence-electron chi connectivity index (χ4n) is 0.948. The number of hydrogen-bond donors (Lipinski definition) is 0. The third kappa shape index (κ3) is 7.17. The van der Waals surface area contributed by atoms with E-state index in [0.717, 1.165) is 0 Å². The molecule has 0 amide bonds. The second kappa shape index (κ2) is 7.99. The SMILES string of the molecule is C=CC(=O)OCC(F)(F)CCOC(F)(F)C(F)(F)OC(=O)C=C. The van der Waals surface area contributed by atoms with Gasteiger partial charge in [0.25, 0.3) is 5.92 Å². The van der Waals surface area contributed by atoms with Crippen molar-refractivity contribution in [2.45, 2.75) is 24.6 Å². The Bertz CT molecular complexity index is 463. The first kappa shape index (κ1) is 21.0. The largest absolute Gasteiger partial charge is 0.496 e. The molecule has 0 radical (unpaired) electrons. The van der Waals surface area contributed by atoms with Crippen LogP contribution >= 0.6 is 0 Å². The minimum Gasteiger partial charge on any atom is -0.456 e. The number of carbonyl (C=O) groups is 2. The zero-order chi connectivity index (χ0) is 18.3. The predicted octanol–water partition coefficient (Wildman–Crippen LogP) is 2.67. The average Bonchev–Trinajstić information content (AvgIpc) is 2.43. The Labute approximate surface area is 126 Å². The second-order valence-corrected chi connectivity index (χ2v) is 3.93. The third-order valence-corrected chi connectivity index (χ3v) is 2.08. The van der Waals surface area contributed by atoms with Crippen LogP contribution in [0.15, 0.2) is 25.3 Å². The molecule has 0 aliphatic rings. The highest BCUT2D eigenvalue weighted by Crippen LogP contribution is 2.37. The highest BCUT2D eigenvalue weighted by atomic mass is 19.3. The summed E-state index contributed by atoms with van der Waals surface area (Å²) in [5.74, 6) is -6.85. The topological polar surface area (TPSA) is 61.8 Å². The molecule has 0 aromatic carbocycles. The Morgan fingerprint density at radius 3 is 1.91 bits per heavy atom. The van der Waals surface area contributed by atoms with Crippen LogP contribution in [0.3, 0.4) is 0 Å². The molecule has 11 heteroatoms. The van der Waals surface area contributed by atoms with Crippen LogP contribution in [0.4, 0.5) is 26.3 Å². The van der Waals surface area contributed by atoms with E-state index in [4.69, 9.17) is 0 Å². The van der Waals surface area contributed by atoms with Gasteiger partial charge in [-0.2, -0.15) is 17.6 Å². The molecule has 0 aromatic heterocycles. The number of ether oxygens (including phenoxy) is 3. The Morgan fingerprint density at radius 2 is 1.43 bits per heavy atom. The van der Waals surface area contributed by atoms with Gasteiger partial charge in [0.1, 0.15) is 0 Å². The summed E-state index contributed by atoms with van der Waals surface area (Å²) in [6, 6.07) is 0. The summed E-state index contributed by atoms with van der Waals surface area (Å²) in [5, 5.41) is 0. The first-order chi connectivity index (χ1) is 10.4. The van der Waals surface area contributed by atoms with Gasteiger partial charge < -0.3 is 14.2 Å². The van der Waals surface area contributed by atoms with Gasteiger partial charge in [0, 0.05) is 18.6 Å². The van der Waals surface area contributed by atoms with Crippen LogP contribution in [0.25, 0.3) is 0 Å². The zero-order valence-corrected chi connectivity index (χ0v) is 11.5. The van der Waals surface area contributed by atoms with E-state index in [1.165, 1.54) is 0 Å². The van der Waals surface area contributed by atoms with Gasteiger partial charge in [-0.25, -0.2) is 18.4 Å². The fraction of sp³-hybridized carbons (Fsp3) is 0.500. The normalized spacial score (nSPS) is 12.4. The molecule has 0 unspecified atom stereocenters. The van der Waals surface area contributed by atoms with E-state index in [0.29, 0.717) is 6.08 Å². The van der Waals surface area contributed by atoms with Crippen LogP contribution in [0.5, 0.6) is 0 Å². The van der Waals surface area contributed by atoms with Crippen LogP contribution in [0.2, 0.25) is 0 Å². The molecule has 132 valence electrons. The number of hydrogen-bond acceptors (Lipinski definition) is 5. The third-order valence-electron chi connectivity index (χ3n) is 2.08. The van der Waals surface area contributed by atoms with Crippen LogP contribution in [-0.4, -0.2) is 43.3 Å². The molecule has 0 spiro atoms. The van der Waals surface area contributed by atoms with E-state index in [1.807, 2.05) is 0 Å². The smallest absolute Gasteiger partial charge is 0.456 e. The van der Waals surface area contributed by atoms with Gasteiger partial charge in [0.15, 0.2) is 6.61 Å². The summed E-state index contributed by atoms with van der Waals surface area (Å²) in [6.45, 7) is 2.65. The highest BCUT2D eigenvalue weighted by Gasteiger charge is 2.62. The molecule has 0 atom stereocenters. The molecule has 0 aromatic rings. The molecule has 0 heterocycles. The van der Waals surface area contributed by atoms with E-state index < -0.39 is 49.7 Å². The molecule has 0 aliphatic carbocycles. The minimum absolute atomic E-state index is 0.200. The van der Waals surface area contributed by atoms with Crippen LogP contribution < -0.4 is 0 Å². The summed E-state index contributed by atoms with van der Waals surface area (Å²) in [7, 11) is 0. The quantitative estimate of drug-likeness (QED) is 0.344. The molecular formula is C12H12F6O5. The van der Waals surface area contributed by atoms with Gasteiger partial charge in [-0.15, -0.1) is 0 Å². The van der Waals surface area contributed by atoms with Crippen molar-refractivity contribution >= 4 is 11.9 Å². The van der Waals surface area contributed by atoms with Gasteiger partial charge in [-0.1, -0.05) is 13.2 Å². The Kier molecular flexibility index (Phi) is 7.28. The van der Waals surface area contributed by atoms with E-state index in [9.17, 15) is 35.9 Å².